The van der Waals surface area contributed by atoms with Gasteiger partial charge >= 0.3 is 0 Å². The zero-order chi connectivity index (χ0) is 6.69. The van der Waals surface area contributed by atoms with Crippen LogP contribution >= 0.6 is 27.3 Å². The van der Waals surface area contributed by atoms with Crippen molar-refractivity contribution in [3.8, 4) is 0 Å². The van der Waals surface area contributed by atoms with E-state index in [-0.39, 0.29) is 4.82 Å². The fourth-order valence-corrected chi connectivity index (χ4v) is 1.40. The molecule has 9 heavy (non-hydrogen) atoms. The van der Waals surface area contributed by atoms with Crippen molar-refractivity contribution in [2.75, 3.05) is 5.32 Å². The molecule has 0 saturated heterocycles. The standard InChI is InChI=1S/C5H4BrNOS/c6-5(8)7-4-2-1-3-9-4/h1-3H,(H,7,8). The minimum atomic E-state index is -0.204. The number of nitrogens with one attached hydrogen (secondary N) is 1. The second-order valence-corrected chi connectivity index (χ2v) is 3.04. The molecule has 1 N–H and O–H groups in total. The van der Waals surface area contributed by atoms with Gasteiger partial charge in [0.2, 0.25) is 0 Å². The van der Waals surface area contributed by atoms with E-state index in [9.17, 15) is 4.79 Å². The van der Waals surface area contributed by atoms with Gasteiger partial charge in [-0.2, -0.15) is 0 Å². The molecule has 0 radical (unpaired) electrons. The Morgan fingerprint density at radius 3 is 3.00 bits per heavy atom. The van der Waals surface area contributed by atoms with Crippen LogP contribution in [0.4, 0.5) is 9.80 Å². The highest BCUT2D eigenvalue weighted by molar-refractivity contribution is 9.18. The molecule has 0 saturated carbocycles. The zero-order valence-electron chi connectivity index (χ0n) is 4.43. The Kier molecular flexibility index (Phi) is 2.24. The minimum absolute atomic E-state index is 0.204. The molecule has 0 unspecified atom stereocenters. The van der Waals surface area contributed by atoms with Gasteiger partial charge in [-0.15, -0.1) is 11.3 Å². The topological polar surface area (TPSA) is 29.1 Å². The molecule has 0 fully saturated rings. The number of hydrogen-bond acceptors (Lipinski definition) is 2. The average molecular weight is 206 g/mol. The summed E-state index contributed by atoms with van der Waals surface area (Å²) in [5, 5.41) is 5.34. The fraction of sp³-hybridized carbons (Fsp3) is 0. The molecule has 48 valence electrons. The molecule has 1 rings (SSSR count). The first-order valence-corrected chi connectivity index (χ1v) is 3.96. The molecule has 0 spiro atoms. The largest absolute Gasteiger partial charge is 0.308 e. The molecular formula is C5H4BrNOS. The van der Waals surface area contributed by atoms with Crippen molar-refractivity contribution < 1.29 is 4.79 Å². The molecule has 0 aliphatic rings. The fourth-order valence-electron chi connectivity index (χ4n) is 0.447. The summed E-state index contributed by atoms with van der Waals surface area (Å²) < 4.78 is 0. The van der Waals surface area contributed by atoms with Gasteiger partial charge in [0.15, 0.2) is 0 Å². The molecule has 1 heterocycles. The summed E-state index contributed by atoms with van der Waals surface area (Å²) in [7, 11) is 0. The monoisotopic (exact) mass is 205 g/mol. The molecule has 1 amide bonds. The van der Waals surface area contributed by atoms with Crippen LogP contribution in [0.25, 0.3) is 0 Å². The summed E-state index contributed by atoms with van der Waals surface area (Å²) in [5.41, 5.74) is 0. The van der Waals surface area contributed by atoms with E-state index in [1.54, 1.807) is 0 Å². The Morgan fingerprint density at radius 2 is 2.56 bits per heavy atom. The maximum absolute atomic E-state index is 10.3. The van der Waals surface area contributed by atoms with Gasteiger partial charge in [-0.25, -0.2) is 0 Å². The van der Waals surface area contributed by atoms with Gasteiger partial charge in [0.25, 0.3) is 4.82 Å². The zero-order valence-corrected chi connectivity index (χ0v) is 6.83. The molecule has 0 atom stereocenters. The third-order valence-electron chi connectivity index (χ3n) is 0.743. The molecule has 0 aromatic carbocycles. The van der Waals surface area contributed by atoms with Crippen LogP contribution in [0, 0.1) is 0 Å². The maximum atomic E-state index is 10.3. The van der Waals surface area contributed by atoms with Crippen molar-refractivity contribution in [3.05, 3.63) is 17.5 Å². The van der Waals surface area contributed by atoms with E-state index in [0.29, 0.717) is 0 Å². The number of carbonyl (C=O) groups is 1. The van der Waals surface area contributed by atoms with E-state index in [0.717, 1.165) is 5.00 Å². The van der Waals surface area contributed by atoms with Gasteiger partial charge in [0.1, 0.15) is 0 Å². The van der Waals surface area contributed by atoms with Gasteiger partial charge in [-0.05, 0) is 17.5 Å². The highest BCUT2D eigenvalue weighted by Gasteiger charge is 1.94. The van der Waals surface area contributed by atoms with E-state index in [2.05, 4.69) is 21.2 Å². The number of thiophene rings is 1. The van der Waals surface area contributed by atoms with Crippen molar-refractivity contribution in [2.24, 2.45) is 0 Å². The Hall–Kier alpha value is -0.350. The van der Waals surface area contributed by atoms with Crippen LogP contribution in [0.15, 0.2) is 17.5 Å². The lowest BCUT2D eigenvalue weighted by Gasteiger charge is -1.90. The first-order chi connectivity index (χ1) is 4.29. The van der Waals surface area contributed by atoms with Crippen molar-refractivity contribution in [1.82, 2.24) is 0 Å². The van der Waals surface area contributed by atoms with Crippen LogP contribution in [0.3, 0.4) is 0 Å². The van der Waals surface area contributed by atoms with Gasteiger partial charge in [-0.1, -0.05) is 0 Å². The third kappa shape index (κ3) is 2.15. The number of amides is 1. The van der Waals surface area contributed by atoms with Crippen molar-refractivity contribution in [1.29, 1.82) is 0 Å². The SMILES string of the molecule is O=C(Br)Nc1cccs1. The third-order valence-corrected chi connectivity index (χ3v) is 1.73. The first-order valence-electron chi connectivity index (χ1n) is 2.29. The Bertz CT molecular complexity index is 197. The summed E-state index contributed by atoms with van der Waals surface area (Å²) in [5.74, 6) is 0. The Balaban J connectivity index is 2.58. The highest BCUT2D eigenvalue weighted by Crippen LogP contribution is 2.15. The summed E-state index contributed by atoms with van der Waals surface area (Å²) in [4.78, 5) is 10.1. The predicted molar refractivity (Wildman–Crippen MR) is 42.3 cm³/mol. The lowest BCUT2D eigenvalue weighted by atomic mass is 10.6. The first kappa shape index (κ1) is 6.77. The van der Waals surface area contributed by atoms with E-state index >= 15 is 0 Å². The van der Waals surface area contributed by atoms with Crippen LogP contribution in [0.1, 0.15) is 0 Å². The number of rotatable bonds is 1. The number of anilines is 1. The van der Waals surface area contributed by atoms with Crippen LogP contribution in [0.5, 0.6) is 0 Å². The van der Waals surface area contributed by atoms with Crippen LogP contribution in [-0.2, 0) is 0 Å². The maximum Gasteiger partial charge on any atom is 0.292 e. The minimum Gasteiger partial charge on any atom is -0.308 e. The quantitative estimate of drug-likeness (QED) is 0.555. The lowest BCUT2D eigenvalue weighted by molar-refractivity contribution is 0.270. The van der Waals surface area contributed by atoms with Gasteiger partial charge in [0, 0.05) is 15.9 Å². The number of hydrogen-bond donors (Lipinski definition) is 1. The Labute approximate surface area is 65.0 Å². The molecule has 0 bridgehead atoms. The second kappa shape index (κ2) is 2.98. The van der Waals surface area contributed by atoms with Crippen molar-refractivity contribution >= 4 is 37.1 Å². The van der Waals surface area contributed by atoms with Gasteiger partial charge < -0.3 is 5.32 Å². The van der Waals surface area contributed by atoms with Crippen LogP contribution in [0.2, 0.25) is 0 Å². The molecule has 1 aromatic heterocycles. The number of carbonyl (C=O) groups excluding carboxylic acids is 1. The Morgan fingerprint density at radius 1 is 1.78 bits per heavy atom. The normalized spacial score (nSPS) is 9.00. The summed E-state index contributed by atoms with van der Waals surface area (Å²) in [6.45, 7) is 0. The molecule has 4 heteroatoms. The lowest BCUT2D eigenvalue weighted by Crippen LogP contribution is -1.96. The van der Waals surface area contributed by atoms with Gasteiger partial charge in [0.05, 0.1) is 5.00 Å². The molecule has 2 nitrogen and oxygen atoms in total. The van der Waals surface area contributed by atoms with E-state index < -0.39 is 0 Å². The van der Waals surface area contributed by atoms with Gasteiger partial charge in [-0.3, -0.25) is 4.79 Å². The summed E-state index contributed by atoms with van der Waals surface area (Å²) in [6.07, 6.45) is 0. The van der Waals surface area contributed by atoms with Crippen molar-refractivity contribution in [2.45, 2.75) is 0 Å². The predicted octanol–water partition coefficient (Wildman–Crippen LogP) is 2.67. The van der Waals surface area contributed by atoms with E-state index in [1.165, 1.54) is 11.3 Å². The molecule has 0 aliphatic carbocycles. The highest BCUT2D eigenvalue weighted by atomic mass is 79.9. The smallest absolute Gasteiger partial charge is 0.292 e. The summed E-state index contributed by atoms with van der Waals surface area (Å²) in [6, 6.07) is 3.72. The second-order valence-electron chi connectivity index (χ2n) is 1.38. The van der Waals surface area contributed by atoms with Crippen LogP contribution < -0.4 is 5.32 Å². The average Bonchev–Trinajstić information content (AvgIpc) is 2.15. The summed E-state index contributed by atoms with van der Waals surface area (Å²) >= 11 is 4.24. The molecular weight excluding hydrogens is 202 g/mol. The molecule has 1 aromatic rings. The number of halogens is 1. The van der Waals surface area contributed by atoms with Crippen molar-refractivity contribution in [3.63, 3.8) is 0 Å². The van der Waals surface area contributed by atoms with E-state index in [4.69, 9.17) is 0 Å². The van der Waals surface area contributed by atoms with Crippen LogP contribution in [-0.4, -0.2) is 4.82 Å². The van der Waals surface area contributed by atoms with E-state index in [1.807, 2.05) is 17.5 Å². The molecule has 0 aliphatic heterocycles.